The number of allylic oxidation sites excluding steroid dienone is 2. The number of pyridine rings is 1. The molecule has 2 heterocycles. The van der Waals surface area contributed by atoms with Gasteiger partial charge in [-0.05, 0) is 96.4 Å². The van der Waals surface area contributed by atoms with Gasteiger partial charge in [-0.25, -0.2) is 9.78 Å². The molecule has 1 aromatic carbocycles. The van der Waals surface area contributed by atoms with Gasteiger partial charge < -0.3 is 24.8 Å². The molecule has 1 fully saturated rings. The van der Waals surface area contributed by atoms with Gasteiger partial charge in [0.15, 0.2) is 0 Å². The van der Waals surface area contributed by atoms with Crippen LogP contribution in [0.3, 0.4) is 0 Å². The van der Waals surface area contributed by atoms with Crippen molar-refractivity contribution in [1.82, 2.24) is 15.6 Å². The van der Waals surface area contributed by atoms with Crippen molar-refractivity contribution in [2.24, 2.45) is 0 Å². The summed E-state index contributed by atoms with van der Waals surface area (Å²) in [7, 11) is 1.60. The van der Waals surface area contributed by atoms with Gasteiger partial charge in [0, 0.05) is 40.0 Å². The molecule has 0 unspecified atom stereocenters. The van der Waals surface area contributed by atoms with E-state index in [-0.39, 0.29) is 18.1 Å². The fraction of sp³-hybridized carbons (Fsp3) is 0.516. The SMILES string of the molecule is COc1nc(C)cc2c1CNC(=O)c1cc(Cl)cc(O[C@H]3CC[C@H](NC(=O)OC(C)(C)C)CC3)c1C/C=C\CC2. The lowest BCUT2D eigenvalue weighted by molar-refractivity contribution is 0.0470. The number of ether oxygens (including phenoxy) is 3. The van der Waals surface area contributed by atoms with E-state index in [1.807, 2.05) is 27.7 Å². The smallest absolute Gasteiger partial charge is 0.407 e. The van der Waals surface area contributed by atoms with Crippen molar-refractivity contribution in [2.75, 3.05) is 7.11 Å². The summed E-state index contributed by atoms with van der Waals surface area (Å²) in [5, 5.41) is 6.46. The summed E-state index contributed by atoms with van der Waals surface area (Å²) in [6.07, 6.45) is 9.11. The van der Waals surface area contributed by atoms with Crippen LogP contribution in [-0.2, 0) is 24.1 Å². The zero-order chi connectivity index (χ0) is 28.9. The third-order valence-corrected chi connectivity index (χ3v) is 7.32. The number of nitrogens with one attached hydrogen (secondary N) is 2. The third-order valence-electron chi connectivity index (χ3n) is 7.10. The monoisotopic (exact) mass is 569 g/mol. The second-order valence-corrected chi connectivity index (χ2v) is 11.9. The average Bonchev–Trinajstić information content (AvgIpc) is 2.87. The number of fused-ring (bicyclic) bond motifs is 2. The van der Waals surface area contributed by atoms with Crippen LogP contribution in [0.2, 0.25) is 5.02 Å². The molecular formula is C31H40ClN3O5. The topological polar surface area (TPSA) is 98.8 Å². The molecule has 1 aromatic heterocycles. The van der Waals surface area contributed by atoms with Gasteiger partial charge in [-0.2, -0.15) is 0 Å². The maximum absolute atomic E-state index is 13.5. The highest BCUT2D eigenvalue weighted by molar-refractivity contribution is 6.31. The second-order valence-electron chi connectivity index (χ2n) is 11.5. The number of halogens is 1. The first kappa shape index (κ1) is 29.7. The van der Waals surface area contributed by atoms with Crippen LogP contribution in [0.1, 0.15) is 85.6 Å². The quantitative estimate of drug-likeness (QED) is 0.423. The van der Waals surface area contributed by atoms with E-state index in [1.165, 1.54) is 0 Å². The van der Waals surface area contributed by atoms with Gasteiger partial charge in [0.2, 0.25) is 5.88 Å². The van der Waals surface area contributed by atoms with Crippen molar-refractivity contribution in [3.63, 3.8) is 0 Å². The number of carbonyl (C=O) groups excluding carboxylic acids is 2. The zero-order valence-corrected chi connectivity index (χ0v) is 24.8. The fourth-order valence-electron chi connectivity index (χ4n) is 5.25. The van der Waals surface area contributed by atoms with Gasteiger partial charge in [-0.15, -0.1) is 0 Å². The van der Waals surface area contributed by atoms with Gasteiger partial charge in [0.05, 0.1) is 13.2 Å². The Morgan fingerprint density at radius 3 is 2.55 bits per heavy atom. The molecule has 0 bridgehead atoms. The summed E-state index contributed by atoms with van der Waals surface area (Å²) >= 11 is 6.50. The minimum atomic E-state index is -0.532. The summed E-state index contributed by atoms with van der Waals surface area (Å²) in [6, 6.07) is 5.59. The van der Waals surface area contributed by atoms with E-state index in [4.69, 9.17) is 25.8 Å². The minimum absolute atomic E-state index is 0.0430. The Morgan fingerprint density at radius 1 is 1.10 bits per heavy atom. The second kappa shape index (κ2) is 12.9. The fourth-order valence-corrected chi connectivity index (χ4v) is 5.46. The molecule has 0 saturated heterocycles. The molecule has 2 N–H and O–H groups in total. The van der Waals surface area contributed by atoms with Gasteiger partial charge in [0.1, 0.15) is 11.4 Å². The van der Waals surface area contributed by atoms with E-state index in [2.05, 4.69) is 33.8 Å². The molecule has 0 spiro atoms. The molecule has 1 saturated carbocycles. The van der Waals surface area contributed by atoms with E-state index in [9.17, 15) is 9.59 Å². The first-order valence-corrected chi connectivity index (χ1v) is 14.4. The number of aryl methyl sites for hydroxylation is 2. The highest BCUT2D eigenvalue weighted by atomic mass is 35.5. The number of amides is 2. The Labute approximate surface area is 241 Å². The van der Waals surface area contributed by atoms with Crippen LogP contribution < -0.4 is 20.1 Å². The van der Waals surface area contributed by atoms with Crippen LogP contribution in [0.15, 0.2) is 30.4 Å². The van der Waals surface area contributed by atoms with Crippen molar-refractivity contribution < 1.29 is 23.8 Å². The standard InChI is InChI=1S/C31H40ClN3O5/c1-19-15-20-9-7-6-8-10-24-25(28(36)33-18-26(20)29(34-19)38-5)16-21(32)17-27(24)39-23-13-11-22(12-14-23)35-30(37)40-31(2,3)4/h6,8,15-17,22-23H,7,9-14,18H2,1-5H3,(H,33,36)(H,35,37)/b8-6-/t22-,23-. The van der Waals surface area contributed by atoms with Crippen LogP contribution in [0.5, 0.6) is 11.6 Å². The molecule has 0 atom stereocenters. The Bertz CT molecular complexity index is 1260. The lowest BCUT2D eigenvalue weighted by Crippen LogP contribution is -2.42. The number of rotatable bonds is 4. The van der Waals surface area contributed by atoms with Crippen LogP contribution >= 0.6 is 11.6 Å². The summed E-state index contributed by atoms with van der Waals surface area (Å²) in [5.74, 6) is 0.928. The molecule has 9 heteroatoms. The Balaban J connectivity index is 1.50. The van der Waals surface area contributed by atoms with Crippen LogP contribution in [0.4, 0.5) is 4.79 Å². The number of nitrogens with zero attached hydrogens (tertiary/aromatic N) is 1. The number of alkyl carbamates (subject to hydrolysis) is 1. The molecule has 1 aliphatic heterocycles. The molecule has 2 aromatic rings. The lowest BCUT2D eigenvalue weighted by Gasteiger charge is -2.31. The Kier molecular flexibility index (Phi) is 9.61. The average molecular weight is 570 g/mol. The Morgan fingerprint density at radius 2 is 1.85 bits per heavy atom. The van der Waals surface area contributed by atoms with Crippen molar-refractivity contribution in [2.45, 2.75) is 96.9 Å². The molecule has 0 radical (unpaired) electrons. The number of hydrogen-bond acceptors (Lipinski definition) is 6. The lowest BCUT2D eigenvalue weighted by atomic mass is 9.92. The summed E-state index contributed by atoms with van der Waals surface area (Å²) < 4.78 is 17.4. The summed E-state index contributed by atoms with van der Waals surface area (Å²) in [6.45, 7) is 7.79. The van der Waals surface area contributed by atoms with Gasteiger partial charge in [-0.3, -0.25) is 4.79 Å². The predicted octanol–water partition coefficient (Wildman–Crippen LogP) is 6.24. The van der Waals surface area contributed by atoms with Crippen LogP contribution in [0.25, 0.3) is 0 Å². The molecule has 216 valence electrons. The number of methoxy groups -OCH3 is 1. The highest BCUT2D eigenvalue weighted by Crippen LogP contribution is 2.33. The van der Waals surface area contributed by atoms with Crippen molar-refractivity contribution >= 4 is 23.6 Å². The van der Waals surface area contributed by atoms with Crippen molar-refractivity contribution in [3.05, 3.63) is 63.3 Å². The molecule has 8 nitrogen and oxygen atoms in total. The molecule has 4 rings (SSSR count). The molecule has 1 aliphatic carbocycles. The van der Waals surface area contributed by atoms with Gasteiger partial charge in [0.25, 0.3) is 5.91 Å². The maximum atomic E-state index is 13.5. The number of carbonyl (C=O) groups is 2. The predicted molar refractivity (Wildman–Crippen MR) is 155 cm³/mol. The van der Waals surface area contributed by atoms with E-state index in [0.717, 1.165) is 60.9 Å². The number of hydrogen-bond donors (Lipinski definition) is 2. The first-order chi connectivity index (χ1) is 19.0. The molecule has 2 aliphatic rings. The van der Waals surface area contributed by atoms with E-state index in [1.54, 1.807) is 19.2 Å². The van der Waals surface area contributed by atoms with Gasteiger partial charge in [-0.1, -0.05) is 23.8 Å². The third kappa shape index (κ3) is 7.90. The highest BCUT2D eigenvalue weighted by Gasteiger charge is 2.27. The summed E-state index contributed by atoms with van der Waals surface area (Å²) in [4.78, 5) is 30.2. The molecule has 40 heavy (non-hydrogen) atoms. The Hall–Kier alpha value is -3.26. The zero-order valence-electron chi connectivity index (χ0n) is 24.1. The number of benzene rings is 1. The van der Waals surface area contributed by atoms with Crippen molar-refractivity contribution in [3.8, 4) is 11.6 Å². The first-order valence-electron chi connectivity index (χ1n) is 14.0. The normalized spacial score (nSPS) is 20.5. The minimum Gasteiger partial charge on any atom is -0.490 e. The maximum Gasteiger partial charge on any atom is 0.407 e. The van der Waals surface area contributed by atoms with Crippen molar-refractivity contribution in [1.29, 1.82) is 0 Å². The van der Waals surface area contributed by atoms with E-state index < -0.39 is 11.7 Å². The number of aromatic nitrogens is 1. The largest absolute Gasteiger partial charge is 0.490 e. The van der Waals surface area contributed by atoms with E-state index >= 15 is 0 Å². The van der Waals surface area contributed by atoms with Crippen LogP contribution in [0, 0.1) is 6.92 Å². The van der Waals surface area contributed by atoms with Gasteiger partial charge >= 0.3 is 6.09 Å². The molecule has 2 amide bonds. The van der Waals surface area contributed by atoms with E-state index in [0.29, 0.717) is 35.2 Å². The summed E-state index contributed by atoms with van der Waals surface area (Å²) in [5.41, 5.74) is 3.65. The van der Waals surface area contributed by atoms with Crippen LogP contribution in [-0.4, -0.2) is 41.8 Å². The molecular weight excluding hydrogens is 530 g/mol.